The van der Waals surface area contributed by atoms with E-state index < -0.39 is 11.9 Å². The lowest BCUT2D eigenvalue weighted by Crippen LogP contribution is -2.45. The van der Waals surface area contributed by atoms with Gasteiger partial charge in [-0.2, -0.15) is 0 Å². The number of hydrogen-bond acceptors (Lipinski definition) is 4. The largest absolute Gasteiger partial charge is 0.459 e. The second-order valence-electron chi connectivity index (χ2n) is 5.02. The van der Waals surface area contributed by atoms with Gasteiger partial charge in [-0.15, -0.1) is 0 Å². The van der Waals surface area contributed by atoms with Crippen LogP contribution in [0.2, 0.25) is 0 Å². The molecule has 2 saturated heterocycles. The van der Waals surface area contributed by atoms with Crippen molar-refractivity contribution in [1.82, 2.24) is 9.80 Å². The standard InChI is InChI=1S/C13H22N2O3/c1-2-18-13(17)12(16)15-9-5-6-11(15)10-14-7-3-4-8-14/h11H,2-10H2,1H3/t11-/m0/s1. The summed E-state index contributed by atoms with van der Waals surface area (Å²) in [5, 5.41) is 0. The number of amides is 1. The maximum absolute atomic E-state index is 12.0. The number of nitrogens with zero attached hydrogens (tertiary/aromatic N) is 2. The van der Waals surface area contributed by atoms with E-state index in [0.29, 0.717) is 6.54 Å². The molecular weight excluding hydrogens is 232 g/mol. The third kappa shape index (κ3) is 3.02. The molecule has 0 aromatic carbocycles. The van der Waals surface area contributed by atoms with Crippen LogP contribution >= 0.6 is 0 Å². The number of carbonyl (C=O) groups is 2. The van der Waals surface area contributed by atoms with E-state index in [1.807, 2.05) is 0 Å². The number of rotatable bonds is 3. The lowest BCUT2D eigenvalue weighted by atomic mass is 10.2. The van der Waals surface area contributed by atoms with Crippen LogP contribution in [0.5, 0.6) is 0 Å². The molecule has 2 heterocycles. The van der Waals surface area contributed by atoms with Crippen LogP contribution in [0.25, 0.3) is 0 Å². The smallest absolute Gasteiger partial charge is 0.397 e. The zero-order valence-electron chi connectivity index (χ0n) is 11.1. The summed E-state index contributed by atoms with van der Waals surface area (Å²) in [5.74, 6) is -1.16. The van der Waals surface area contributed by atoms with Crippen LogP contribution < -0.4 is 0 Å². The minimum Gasteiger partial charge on any atom is -0.459 e. The van der Waals surface area contributed by atoms with Crippen molar-refractivity contribution >= 4 is 11.9 Å². The first kappa shape index (κ1) is 13.3. The molecule has 18 heavy (non-hydrogen) atoms. The van der Waals surface area contributed by atoms with Crippen molar-refractivity contribution in [3.63, 3.8) is 0 Å². The fourth-order valence-corrected chi connectivity index (χ4v) is 2.87. The van der Waals surface area contributed by atoms with Crippen LogP contribution in [0, 0.1) is 0 Å². The minimum atomic E-state index is -0.703. The molecule has 0 radical (unpaired) electrons. The zero-order valence-corrected chi connectivity index (χ0v) is 11.1. The summed E-state index contributed by atoms with van der Waals surface area (Å²) in [5.41, 5.74) is 0. The topological polar surface area (TPSA) is 49.9 Å². The van der Waals surface area contributed by atoms with Crippen LogP contribution in [-0.4, -0.2) is 60.5 Å². The maximum Gasteiger partial charge on any atom is 0.397 e. The third-order valence-electron chi connectivity index (χ3n) is 3.76. The van der Waals surface area contributed by atoms with Crippen molar-refractivity contribution in [2.75, 3.05) is 32.8 Å². The molecule has 0 aromatic heterocycles. The SMILES string of the molecule is CCOC(=O)C(=O)N1CCC[C@H]1CN1CCCC1. The van der Waals surface area contributed by atoms with Crippen molar-refractivity contribution < 1.29 is 14.3 Å². The Morgan fingerprint density at radius 3 is 2.56 bits per heavy atom. The van der Waals surface area contributed by atoms with E-state index in [1.165, 1.54) is 12.8 Å². The molecule has 102 valence electrons. The number of likely N-dealkylation sites (tertiary alicyclic amines) is 2. The summed E-state index contributed by atoms with van der Waals surface area (Å²) in [6.45, 7) is 5.82. The molecule has 0 saturated carbocycles. The van der Waals surface area contributed by atoms with Crippen LogP contribution in [-0.2, 0) is 14.3 Å². The van der Waals surface area contributed by atoms with Crippen LogP contribution in [0.1, 0.15) is 32.6 Å². The molecule has 0 spiro atoms. The molecule has 2 fully saturated rings. The van der Waals surface area contributed by atoms with Gasteiger partial charge in [0.25, 0.3) is 0 Å². The summed E-state index contributed by atoms with van der Waals surface area (Å²) < 4.78 is 4.79. The number of hydrogen-bond donors (Lipinski definition) is 0. The van der Waals surface area contributed by atoms with E-state index >= 15 is 0 Å². The van der Waals surface area contributed by atoms with Crippen molar-refractivity contribution in [3.8, 4) is 0 Å². The van der Waals surface area contributed by atoms with Gasteiger partial charge in [-0.25, -0.2) is 4.79 Å². The van der Waals surface area contributed by atoms with Crippen LogP contribution in [0.15, 0.2) is 0 Å². The van der Waals surface area contributed by atoms with Gasteiger partial charge in [0.05, 0.1) is 6.61 Å². The Balaban J connectivity index is 1.89. The molecular formula is C13H22N2O3. The monoisotopic (exact) mass is 254 g/mol. The molecule has 0 aliphatic carbocycles. The van der Waals surface area contributed by atoms with Gasteiger partial charge in [0.1, 0.15) is 0 Å². The molecule has 1 atom stereocenters. The summed E-state index contributed by atoms with van der Waals surface area (Å²) in [4.78, 5) is 27.5. The molecule has 0 N–H and O–H groups in total. The van der Waals surface area contributed by atoms with Gasteiger partial charge in [0, 0.05) is 19.1 Å². The number of esters is 1. The van der Waals surface area contributed by atoms with Crippen molar-refractivity contribution in [2.45, 2.75) is 38.6 Å². The molecule has 2 rings (SSSR count). The summed E-state index contributed by atoms with van der Waals surface area (Å²) in [6.07, 6.45) is 4.49. The molecule has 0 bridgehead atoms. The zero-order chi connectivity index (χ0) is 13.0. The lowest BCUT2D eigenvalue weighted by Gasteiger charge is -2.27. The molecule has 1 amide bonds. The van der Waals surface area contributed by atoms with E-state index in [0.717, 1.165) is 32.5 Å². The highest BCUT2D eigenvalue weighted by Gasteiger charge is 2.34. The highest BCUT2D eigenvalue weighted by atomic mass is 16.5. The number of carbonyl (C=O) groups excluding carboxylic acids is 2. The fourth-order valence-electron chi connectivity index (χ4n) is 2.87. The molecule has 2 aliphatic heterocycles. The molecule has 5 nitrogen and oxygen atoms in total. The van der Waals surface area contributed by atoms with Crippen molar-refractivity contribution in [3.05, 3.63) is 0 Å². The first-order chi connectivity index (χ1) is 8.72. The Kier molecular flexibility index (Phi) is 4.58. The first-order valence-electron chi connectivity index (χ1n) is 6.92. The lowest BCUT2D eigenvalue weighted by molar-refractivity contribution is -0.160. The van der Waals surface area contributed by atoms with Gasteiger partial charge < -0.3 is 14.5 Å². The highest BCUT2D eigenvalue weighted by molar-refractivity contribution is 6.32. The van der Waals surface area contributed by atoms with E-state index in [-0.39, 0.29) is 12.6 Å². The Morgan fingerprint density at radius 1 is 1.17 bits per heavy atom. The molecule has 5 heteroatoms. The fraction of sp³-hybridized carbons (Fsp3) is 0.846. The van der Waals surface area contributed by atoms with Crippen molar-refractivity contribution in [2.24, 2.45) is 0 Å². The van der Waals surface area contributed by atoms with E-state index in [4.69, 9.17) is 4.74 Å². The van der Waals surface area contributed by atoms with Crippen LogP contribution in [0.3, 0.4) is 0 Å². The van der Waals surface area contributed by atoms with Gasteiger partial charge >= 0.3 is 11.9 Å². The maximum atomic E-state index is 12.0. The minimum absolute atomic E-state index is 0.194. The summed E-state index contributed by atoms with van der Waals surface area (Å²) >= 11 is 0. The predicted octanol–water partition coefficient (Wildman–Crippen LogP) is 0.636. The third-order valence-corrected chi connectivity index (χ3v) is 3.76. The normalized spacial score (nSPS) is 24.5. The van der Waals surface area contributed by atoms with Crippen LogP contribution in [0.4, 0.5) is 0 Å². The van der Waals surface area contributed by atoms with E-state index in [9.17, 15) is 9.59 Å². The molecule has 2 aliphatic rings. The highest BCUT2D eigenvalue weighted by Crippen LogP contribution is 2.20. The van der Waals surface area contributed by atoms with E-state index in [1.54, 1.807) is 11.8 Å². The Hall–Kier alpha value is -1.10. The Labute approximate surface area is 108 Å². The Morgan fingerprint density at radius 2 is 1.89 bits per heavy atom. The first-order valence-corrected chi connectivity index (χ1v) is 6.92. The van der Waals surface area contributed by atoms with Gasteiger partial charge in [0.15, 0.2) is 0 Å². The second-order valence-corrected chi connectivity index (χ2v) is 5.02. The molecule has 0 unspecified atom stereocenters. The second kappa shape index (κ2) is 6.18. The quantitative estimate of drug-likeness (QED) is 0.548. The Bertz CT molecular complexity index is 313. The summed E-state index contributed by atoms with van der Waals surface area (Å²) in [7, 11) is 0. The van der Waals surface area contributed by atoms with Gasteiger partial charge in [0.2, 0.25) is 0 Å². The molecule has 0 aromatic rings. The average molecular weight is 254 g/mol. The van der Waals surface area contributed by atoms with Gasteiger partial charge in [-0.3, -0.25) is 4.79 Å². The summed E-state index contributed by atoms with van der Waals surface area (Å²) in [6, 6.07) is 0.194. The van der Waals surface area contributed by atoms with Gasteiger partial charge in [-0.05, 0) is 45.7 Å². The van der Waals surface area contributed by atoms with Gasteiger partial charge in [-0.1, -0.05) is 0 Å². The number of ether oxygens (including phenoxy) is 1. The predicted molar refractivity (Wildman–Crippen MR) is 67.0 cm³/mol. The van der Waals surface area contributed by atoms with E-state index in [2.05, 4.69) is 4.90 Å². The van der Waals surface area contributed by atoms with Crippen molar-refractivity contribution in [1.29, 1.82) is 0 Å². The average Bonchev–Trinajstić information content (AvgIpc) is 3.00.